The number of benzene rings is 1. The molecule has 1 aromatic rings. The summed E-state index contributed by atoms with van der Waals surface area (Å²) in [6, 6.07) is 5.34. The molecule has 1 aromatic carbocycles. The fourth-order valence-electron chi connectivity index (χ4n) is 2.03. The summed E-state index contributed by atoms with van der Waals surface area (Å²) in [5.74, 6) is -0.295. The Labute approximate surface area is 106 Å². The van der Waals surface area contributed by atoms with Crippen molar-refractivity contribution in [1.82, 2.24) is 10.2 Å². The van der Waals surface area contributed by atoms with Gasteiger partial charge in [0.15, 0.2) is 0 Å². The fraction of sp³-hybridized carbons (Fsp3) is 0.385. The van der Waals surface area contributed by atoms with Crippen LogP contribution in [0.4, 0.5) is 5.69 Å². The third kappa shape index (κ3) is 2.61. The topological polar surface area (TPSA) is 75.4 Å². The molecule has 2 rings (SSSR count). The van der Waals surface area contributed by atoms with Gasteiger partial charge in [0, 0.05) is 18.8 Å². The molecule has 0 atom stereocenters. The van der Waals surface area contributed by atoms with E-state index in [0.717, 1.165) is 12.0 Å². The van der Waals surface area contributed by atoms with E-state index in [9.17, 15) is 9.59 Å². The summed E-state index contributed by atoms with van der Waals surface area (Å²) < 4.78 is 0. The molecule has 0 radical (unpaired) electrons. The highest BCUT2D eigenvalue weighted by Crippen LogP contribution is 2.16. The minimum absolute atomic E-state index is 0.103. The van der Waals surface area contributed by atoms with E-state index < -0.39 is 0 Å². The van der Waals surface area contributed by atoms with Crippen molar-refractivity contribution >= 4 is 17.5 Å². The minimum Gasteiger partial charge on any atom is -0.398 e. The molecule has 5 nitrogen and oxygen atoms in total. The molecular formula is C13H17N3O2. The van der Waals surface area contributed by atoms with Gasteiger partial charge in [0.2, 0.25) is 5.91 Å². The highest BCUT2D eigenvalue weighted by atomic mass is 16.2. The van der Waals surface area contributed by atoms with Crippen LogP contribution in [0.15, 0.2) is 18.2 Å². The van der Waals surface area contributed by atoms with E-state index in [2.05, 4.69) is 5.32 Å². The van der Waals surface area contributed by atoms with Gasteiger partial charge in [-0.2, -0.15) is 0 Å². The van der Waals surface area contributed by atoms with E-state index in [1.807, 2.05) is 13.0 Å². The lowest BCUT2D eigenvalue weighted by Crippen LogP contribution is -2.37. The SMILES string of the molecule is Cc1ccc(C(=O)N2CCCNC(=O)C2)c(N)c1. The van der Waals surface area contributed by atoms with Crippen LogP contribution >= 0.6 is 0 Å². The Morgan fingerprint density at radius 3 is 2.94 bits per heavy atom. The van der Waals surface area contributed by atoms with Gasteiger partial charge in [0.1, 0.15) is 0 Å². The number of nitrogens with two attached hydrogens (primary N) is 1. The number of hydrogen-bond donors (Lipinski definition) is 2. The molecule has 0 aliphatic carbocycles. The van der Waals surface area contributed by atoms with Gasteiger partial charge in [0.25, 0.3) is 5.91 Å². The van der Waals surface area contributed by atoms with Crippen LogP contribution in [0.1, 0.15) is 22.3 Å². The van der Waals surface area contributed by atoms with Crippen molar-refractivity contribution in [3.8, 4) is 0 Å². The second kappa shape index (κ2) is 5.08. The summed E-state index contributed by atoms with van der Waals surface area (Å²) in [4.78, 5) is 25.3. The van der Waals surface area contributed by atoms with Crippen LogP contribution in [-0.2, 0) is 4.79 Å². The third-order valence-electron chi connectivity index (χ3n) is 2.99. The first-order valence-corrected chi connectivity index (χ1v) is 6.00. The highest BCUT2D eigenvalue weighted by molar-refractivity contribution is 6.00. The zero-order valence-corrected chi connectivity index (χ0v) is 10.4. The number of carbonyl (C=O) groups excluding carboxylic acids is 2. The molecule has 0 bridgehead atoms. The molecule has 3 N–H and O–H groups in total. The van der Waals surface area contributed by atoms with E-state index in [0.29, 0.717) is 24.3 Å². The Bertz CT molecular complexity index is 485. The van der Waals surface area contributed by atoms with Crippen molar-refractivity contribution in [3.05, 3.63) is 29.3 Å². The molecule has 0 saturated carbocycles. The molecule has 1 aliphatic rings. The van der Waals surface area contributed by atoms with E-state index in [1.165, 1.54) is 0 Å². The predicted molar refractivity (Wildman–Crippen MR) is 69.1 cm³/mol. The maximum atomic E-state index is 12.3. The van der Waals surface area contributed by atoms with Crippen LogP contribution in [0, 0.1) is 6.92 Å². The molecule has 5 heteroatoms. The number of anilines is 1. The van der Waals surface area contributed by atoms with E-state index in [-0.39, 0.29) is 18.4 Å². The first kappa shape index (κ1) is 12.4. The van der Waals surface area contributed by atoms with Gasteiger partial charge in [0.05, 0.1) is 12.1 Å². The standard InChI is InChI=1S/C13H17N3O2/c1-9-3-4-10(11(14)7-9)13(18)16-6-2-5-15-12(17)8-16/h3-4,7H,2,5-6,8,14H2,1H3,(H,15,17). The maximum Gasteiger partial charge on any atom is 0.256 e. The van der Waals surface area contributed by atoms with Crippen molar-refractivity contribution in [3.63, 3.8) is 0 Å². The Morgan fingerprint density at radius 2 is 2.22 bits per heavy atom. The normalized spacial score (nSPS) is 16.1. The predicted octanol–water partition coefficient (Wildman–Crippen LogP) is 0.539. The summed E-state index contributed by atoms with van der Waals surface area (Å²) in [6.07, 6.45) is 0.767. The highest BCUT2D eigenvalue weighted by Gasteiger charge is 2.22. The van der Waals surface area contributed by atoms with Crippen molar-refractivity contribution in [2.75, 3.05) is 25.4 Å². The summed E-state index contributed by atoms with van der Waals surface area (Å²) >= 11 is 0. The van der Waals surface area contributed by atoms with Gasteiger partial charge in [-0.25, -0.2) is 0 Å². The van der Waals surface area contributed by atoms with Crippen LogP contribution in [0.25, 0.3) is 0 Å². The van der Waals surface area contributed by atoms with Gasteiger partial charge in [-0.05, 0) is 31.0 Å². The third-order valence-corrected chi connectivity index (χ3v) is 2.99. The maximum absolute atomic E-state index is 12.3. The van der Waals surface area contributed by atoms with Gasteiger partial charge in [-0.15, -0.1) is 0 Å². The number of nitrogens with one attached hydrogen (secondary N) is 1. The first-order valence-electron chi connectivity index (χ1n) is 6.00. The molecule has 0 unspecified atom stereocenters. The minimum atomic E-state index is -0.176. The van der Waals surface area contributed by atoms with Crippen LogP contribution in [0.2, 0.25) is 0 Å². The average Bonchev–Trinajstić information content (AvgIpc) is 2.53. The molecule has 2 amide bonds. The van der Waals surface area contributed by atoms with Crippen molar-refractivity contribution in [2.45, 2.75) is 13.3 Å². The number of aryl methyl sites for hydroxylation is 1. The number of nitrogens with zero attached hydrogens (tertiary/aromatic N) is 1. The number of carbonyl (C=O) groups is 2. The van der Waals surface area contributed by atoms with E-state index >= 15 is 0 Å². The average molecular weight is 247 g/mol. The molecule has 1 saturated heterocycles. The smallest absolute Gasteiger partial charge is 0.256 e. The lowest BCUT2D eigenvalue weighted by atomic mass is 10.1. The largest absolute Gasteiger partial charge is 0.398 e. The molecule has 0 spiro atoms. The van der Waals surface area contributed by atoms with Crippen LogP contribution in [0.5, 0.6) is 0 Å². The van der Waals surface area contributed by atoms with E-state index in [1.54, 1.807) is 17.0 Å². The van der Waals surface area contributed by atoms with Gasteiger partial charge < -0.3 is 16.0 Å². The molecule has 1 aliphatic heterocycles. The zero-order chi connectivity index (χ0) is 13.1. The van der Waals surface area contributed by atoms with Crippen molar-refractivity contribution in [2.24, 2.45) is 0 Å². The van der Waals surface area contributed by atoms with Crippen LogP contribution < -0.4 is 11.1 Å². The van der Waals surface area contributed by atoms with Gasteiger partial charge >= 0.3 is 0 Å². The summed E-state index contributed by atoms with van der Waals surface area (Å²) in [6.45, 7) is 3.22. The zero-order valence-electron chi connectivity index (χ0n) is 10.4. The quantitative estimate of drug-likeness (QED) is 0.711. The lowest BCUT2D eigenvalue weighted by Gasteiger charge is -2.20. The Hall–Kier alpha value is -2.04. The van der Waals surface area contributed by atoms with Crippen LogP contribution in [0.3, 0.4) is 0 Å². The Kier molecular flexibility index (Phi) is 3.50. The molecule has 18 heavy (non-hydrogen) atoms. The fourth-order valence-corrected chi connectivity index (χ4v) is 2.03. The molecule has 96 valence electrons. The second-order valence-electron chi connectivity index (χ2n) is 4.52. The Morgan fingerprint density at radius 1 is 1.44 bits per heavy atom. The van der Waals surface area contributed by atoms with Gasteiger partial charge in [-0.1, -0.05) is 6.07 Å². The monoisotopic (exact) mass is 247 g/mol. The number of nitrogen functional groups attached to an aromatic ring is 1. The molecule has 0 aromatic heterocycles. The number of amides is 2. The second-order valence-corrected chi connectivity index (χ2v) is 4.52. The summed E-state index contributed by atoms with van der Waals surface area (Å²) in [5.41, 5.74) is 7.80. The molecule has 1 fully saturated rings. The summed E-state index contributed by atoms with van der Waals surface area (Å²) in [7, 11) is 0. The van der Waals surface area contributed by atoms with Gasteiger partial charge in [-0.3, -0.25) is 9.59 Å². The van der Waals surface area contributed by atoms with Crippen molar-refractivity contribution < 1.29 is 9.59 Å². The number of rotatable bonds is 1. The molecule has 1 heterocycles. The van der Waals surface area contributed by atoms with Crippen molar-refractivity contribution in [1.29, 1.82) is 0 Å². The number of hydrogen-bond acceptors (Lipinski definition) is 3. The van der Waals surface area contributed by atoms with E-state index in [4.69, 9.17) is 5.73 Å². The molecular weight excluding hydrogens is 230 g/mol. The summed E-state index contributed by atoms with van der Waals surface area (Å²) in [5, 5.41) is 2.74. The van der Waals surface area contributed by atoms with Crippen LogP contribution in [-0.4, -0.2) is 36.3 Å². The first-order chi connectivity index (χ1) is 8.58. The Balaban J connectivity index is 2.21. The lowest BCUT2D eigenvalue weighted by molar-refractivity contribution is -0.121.